The Kier molecular flexibility index (Phi) is 2.95. The van der Waals surface area contributed by atoms with Gasteiger partial charge in [0.15, 0.2) is 0 Å². The highest BCUT2D eigenvalue weighted by Crippen LogP contribution is 2.24. The van der Waals surface area contributed by atoms with Crippen molar-refractivity contribution < 1.29 is 13.2 Å². The molecular formula is C7H13F3N2. The molecule has 0 amide bonds. The Bertz CT molecular complexity index is 140. The summed E-state index contributed by atoms with van der Waals surface area (Å²) in [6.45, 7) is 1.28. The van der Waals surface area contributed by atoms with Gasteiger partial charge in [-0.15, -0.1) is 0 Å². The van der Waals surface area contributed by atoms with Gasteiger partial charge in [0.05, 0.1) is 0 Å². The van der Waals surface area contributed by atoms with Crippen molar-refractivity contribution in [2.24, 2.45) is 0 Å². The van der Waals surface area contributed by atoms with Gasteiger partial charge in [-0.05, 0) is 26.4 Å². The van der Waals surface area contributed by atoms with Crippen molar-refractivity contribution in [3.05, 3.63) is 0 Å². The van der Waals surface area contributed by atoms with Gasteiger partial charge in [0, 0.05) is 12.6 Å². The zero-order valence-electron chi connectivity index (χ0n) is 6.99. The predicted octanol–water partition coefficient (Wildman–Crippen LogP) is 1.19. The molecule has 0 saturated carbocycles. The third-order valence-corrected chi connectivity index (χ3v) is 2.22. The van der Waals surface area contributed by atoms with Crippen LogP contribution < -0.4 is 5.32 Å². The zero-order chi connectivity index (χ0) is 9.19. The van der Waals surface area contributed by atoms with E-state index in [1.807, 2.05) is 0 Å². The number of halogens is 3. The summed E-state index contributed by atoms with van der Waals surface area (Å²) in [5.41, 5.74) is 0. The van der Waals surface area contributed by atoms with Crippen LogP contribution in [0.15, 0.2) is 0 Å². The highest BCUT2D eigenvalue weighted by molar-refractivity contribution is 4.77. The standard InChI is InChI=1S/C7H13F3N2/c1-12(7(8,9)10)6-3-2-4-11-5-6/h6,11H,2-5H2,1H3/t6-/m1/s1. The molecule has 1 heterocycles. The van der Waals surface area contributed by atoms with Crippen molar-refractivity contribution in [1.29, 1.82) is 0 Å². The second-order valence-electron chi connectivity index (χ2n) is 3.08. The number of hydrogen-bond acceptors (Lipinski definition) is 2. The van der Waals surface area contributed by atoms with E-state index in [1.165, 1.54) is 0 Å². The molecule has 1 rings (SSSR count). The van der Waals surface area contributed by atoms with Gasteiger partial charge in [-0.3, -0.25) is 0 Å². The fraction of sp³-hybridized carbons (Fsp3) is 1.00. The van der Waals surface area contributed by atoms with Crippen LogP contribution >= 0.6 is 0 Å². The van der Waals surface area contributed by atoms with E-state index in [-0.39, 0.29) is 0 Å². The first-order valence-corrected chi connectivity index (χ1v) is 4.02. The van der Waals surface area contributed by atoms with Crippen LogP contribution in [-0.2, 0) is 0 Å². The third kappa shape index (κ3) is 2.35. The molecule has 72 valence electrons. The first-order chi connectivity index (χ1) is 5.52. The summed E-state index contributed by atoms with van der Waals surface area (Å²) in [7, 11) is 1.11. The van der Waals surface area contributed by atoms with Crippen LogP contribution in [0.25, 0.3) is 0 Å². The molecule has 1 fully saturated rings. The molecule has 0 unspecified atom stereocenters. The van der Waals surface area contributed by atoms with Gasteiger partial charge < -0.3 is 5.32 Å². The molecule has 0 aromatic rings. The molecule has 1 atom stereocenters. The minimum atomic E-state index is -4.19. The molecule has 1 saturated heterocycles. The molecule has 0 aromatic carbocycles. The number of rotatable bonds is 1. The normalized spacial score (nSPS) is 26.2. The Morgan fingerprint density at radius 2 is 2.08 bits per heavy atom. The van der Waals surface area contributed by atoms with Crippen molar-refractivity contribution >= 4 is 0 Å². The monoisotopic (exact) mass is 182 g/mol. The van der Waals surface area contributed by atoms with Crippen LogP contribution in [0.5, 0.6) is 0 Å². The van der Waals surface area contributed by atoms with E-state index >= 15 is 0 Å². The summed E-state index contributed by atoms with van der Waals surface area (Å²) in [6, 6.07) is -0.390. The number of nitrogens with one attached hydrogen (secondary N) is 1. The maximum Gasteiger partial charge on any atom is 0.459 e. The predicted molar refractivity (Wildman–Crippen MR) is 39.7 cm³/mol. The number of nitrogens with zero attached hydrogens (tertiary/aromatic N) is 1. The van der Waals surface area contributed by atoms with Crippen LogP contribution in [0.4, 0.5) is 13.2 Å². The molecule has 1 aliphatic rings. The Morgan fingerprint density at radius 1 is 1.42 bits per heavy atom. The van der Waals surface area contributed by atoms with Crippen molar-refractivity contribution in [2.45, 2.75) is 25.2 Å². The zero-order valence-corrected chi connectivity index (χ0v) is 6.99. The summed E-state index contributed by atoms with van der Waals surface area (Å²) < 4.78 is 36.4. The first kappa shape index (κ1) is 9.80. The van der Waals surface area contributed by atoms with Gasteiger partial charge in [-0.25, -0.2) is 4.90 Å². The Labute approximate surface area is 69.7 Å². The van der Waals surface area contributed by atoms with Gasteiger partial charge in [-0.1, -0.05) is 0 Å². The Morgan fingerprint density at radius 3 is 2.50 bits per heavy atom. The lowest BCUT2D eigenvalue weighted by molar-refractivity contribution is -0.250. The summed E-state index contributed by atoms with van der Waals surface area (Å²) in [5, 5.41) is 2.95. The van der Waals surface area contributed by atoms with Gasteiger partial charge >= 0.3 is 6.30 Å². The van der Waals surface area contributed by atoms with E-state index < -0.39 is 12.3 Å². The summed E-state index contributed by atoms with van der Waals surface area (Å²) >= 11 is 0. The molecule has 1 N–H and O–H groups in total. The highest BCUT2D eigenvalue weighted by Gasteiger charge is 2.38. The second-order valence-corrected chi connectivity index (χ2v) is 3.08. The molecule has 5 heteroatoms. The highest BCUT2D eigenvalue weighted by atomic mass is 19.4. The third-order valence-electron chi connectivity index (χ3n) is 2.22. The van der Waals surface area contributed by atoms with Crippen molar-refractivity contribution in [2.75, 3.05) is 20.1 Å². The number of likely N-dealkylation sites (N-methyl/N-ethyl adjacent to an activating group) is 1. The number of alkyl halides is 3. The van der Waals surface area contributed by atoms with E-state index in [4.69, 9.17) is 0 Å². The Hall–Kier alpha value is -0.290. The van der Waals surface area contributed by atoms with Crippen molar-refractivity contribution in [1.82, 2.24) is 10.2 Å². The second kappa shape index (κ2) is 3.62. The number of piperidine rings is 1. The van der Waals surface area contributed by atoms with Gasteiger partial charge in [-0.2, -0.15) is 13.2 Å². The van der Waals surface area contributed by atoms with E-state index in [1.54, 1.807) is 0 Å². The maximum absolute atomic E-state index is 12.1. The molecule has 0 aliphatic carbocycles. The van der Waals surface area contributed by atoms with E-state index in [0.29, 0.717) is 17.9 Å². The molecular weight excluding hydrogens is 169 g/mol. The minimum Gasteiger partial charge on any atom is -0.315 e. The smallest absolute Gasteiger partial charge is 0.315 e. The Balaban J connectivity index is 2.45. The lowest BCUT2D eigenvalue weighted by Crippen LogP contribution is -2.49. The lowest BCUT2D eigenvalue weighted by Gasteiger charge is -2.32. The van der Waals surface area contributed by atoms with Gasteiger partial charge in [0.25, 0.3) is 0 Å². The topological polar surface area (TPSA) is 15.3 Å². The average molecular weight is 182 g/mol. The fourth-order valence-corrected chi connectivity index (χ4v) is 1.37. The van der Waals surface area contributed by atoms with Crippen LogP contribution in [0.3, 0.4) is 0 Å². The van der Waals surface area contributed by atoms with Crippen molar-refractivity contribution in [3.63, 3.8) is 0 Å². The summed E-state index contributed by atoms with van der Waals surface area (Å²) in [5.74, 6) is 0. The van der Waals surface area contributed by atoms with E-state index in [2.05, 4.69) is 5.32 Å². The van der Waals surface area contributed by atoms with Gasteiger partial charge in [0.1, 0.15) is 0 Å². The fourth-order valence-electron chi connectivity index (χ4n) is 1.37. The lowest BCUT2D eigenvalue weighted by atomic mass is 10.1. The molecule has 2 nitrogen and oxygen atoms in total. The average Bonchev–Trinajstić information content (AvgIpc) is 2.03. The molecule has 0 aromatic heterocycles. The largest absolute Gasteiger partial charge is 0.459 e. The van der Waals surface area contributed by atoms with Gasteiger partial charge in [0.2, 0.25) is 0 Å². The van der Waals surface area contributed by atoms with Crippen LogP contribution in [0.2, 0.25) is 0 Å². The minimum absolute atomic E-state index is 0.390. The van der Waals surface area contributed by atoms with Crippen LogP contribution in [0, 0.1) is 0 Å². The van der Waals surface area contributed by atoms with Crippen molar-refractivity contribution in [3.8, 4) is 0 Å². The molecule has 1 aliphatic heterocycles. The van der Waals surface area contributed by atoms with E-state index in [9.17, 15) is 13.2 Å². The molecule has 0 spiro atoms. The molecule has 0 bridgehead atoms. The summed E-state index contributed by atoms with van der Waals surface area (Å²) in [6.07, 6.45) is -2.74. The molecule has 12 heavy (non-hydrogen) atoms. The summed E-state index contributed by atoms with van der Waals surface area (Å²) in [4.78, 5) is 0.485. The molecule has 0 radical (unpaired) electrons. The first-order valence-electron chi connectivity index (χ1n) is 4.02. The SMILES string of the molecule is CN([C@@H]1CCCNC1)C(F)(F)F. The quantitative estimate of drug-likeness (QED) is 0.613. The van der Waals surface area contributed by atoms with Crippen LogP contribution in [0.1, 0.15) is 12.8 Å². The van der Waals surface area contributed by atoms with Crippen LogP contribution in [-0.4, -0.2) is 37.4 Å². The van der Waals surface area contributed by atoms with E-state index in [0.717, 1.165) is 20.0 Å². The number of hydrogen-bond donors (Lipinski definition) is 1. The maximum atomic E-state index is 12.1.